The molecule has 0 fully saturated rings. The van der Waals surface area contributed by atoms with Crippen molar-refractivity contribution in [2.75, 3.05) is 7.11 Å². The highest BCUT2D eigenvalue weighted by atomic mass is 16.5. The van der Waals surface area contributed by atoms with Gasteiger partial charge in [0.05, 0.1) is 18.7 Å². The van der Waals surface area contributed by atoms with Crippen LogP contribution in [0.2, 0.25) is 0 Å². The second kappa shape index (κ2) is 6.55. The summed E-state index contributed by atoms with van der Waals surface area (Å²) in [4.78, 5) is 14.3. The Morgan fingerprint density at radius 1 is 1.25 bits per heavy atom. The summed E-state index contributed by atoms with van der Waals surface area (Å²) in [6.07, 6.45) is 0. The van der Waals surface area contributed by atoms with Gasteiger partial charge in [-0.15, -0.1) is 0 Å². The molecule has 102 valence electrons. The monoisotopic (exact) mass is 269 g/mol. The summed E-state index contributed by atoms with van der Waals surface area (Å²) in [5.74, 6) is -0.372. The third-order valence-electron chi connectivity index (χ3n) is 2.88. The number of aromatic nitrogens is 1. The van der Waals surface area contributed by atoms with Gasteiger partial charge < -0.3 is 15.0 Å². The van der Waals surface area contributed by atoms with Crippen molar-refractivity contribution >= 4 is 5.97 Å². The van der Waals surface area contributed by atoms with Crippen molar-refractivity contribution in [2.24, 2.45) is 0 Å². The number of H-pyrrole nitrogens is 1. The molecular formula is C15H15N3O2. The summed E-state index contributed by atoms with van der Waals surface area (Å²) in [5, 5.41) is 12.0. The number of rotatable bonds is 5. The number of benzene rings is 1. The molecule has 2 N–H and O–H groups in total. The molecule has 2 rings (SSSR count). The normalized spacial score (nSPS) is 10.0. The molecule has 5 heteroatoms. The van der Waals surface area contributed by atoms with Gasteiger partial charge in [-0.25, -0.2) is 4.79 Å². The number of nitriles is 1. The summed E-state index contributed by atoms with van der Waals surface area (Å²) < 4.78 is 4.63. The fourth-order valence-electron chi connectivity index (χ4n) is 1.81. The van der Waals surface area contributed by atoms with Crippen LogP contribution in [-0.4, -0.2) is 18.1 Å². The zero-order valence-electron chi connectivity index (χ0n) is 11.1. The molecule has 20 heavy (non-hydrogen) atoms. The Bertz CT molecular complexity index is 623. The highest BCUT2D eigenvalue weighted by Gasteiger charge is 2.07. The van der Waals surface area contributed by atoms with Gasteiger partial charge in [0.15, 0.2) is 0 Å². The molecule has 0 saturated carbocycles. The van der Waals surface area contributed by atoms with Gasteiger partial charge in [0, 0.05) is 18.8 Å². The molecule has 0 aliphatic carbocycles. The van der Waals surface area contributed by atoms with E-state index < -0.39 is 0 Å². The van der Waals surface area contributed by atoms with Crippen molar-refractivity contribution in [3.63, 3.8) is 0 Å². The molecule has 1 aromatic heterocycles. The van der Waals surface area contributed by atoms with Crippen LogP contribution in [0, 0.1) is 11.3 Å². The fraction of sp³-hybridized carbons (Fsp3) is 0.200. The van der Waals surface area contributed by atoms with Crippen molar-refractivity contribution in [1.82, 2.24) is 10.3 Å². The van der Waals surface area contributed by atoms with E-state index in [1.54, 1.807) is 18.2 Å². The Labute approximate surface area is 117 Å². The molecule has 0 aliphatic rings. The SMILES string of the molecule is COC(=O)c1ccc(CNCc2ccc(C#N)cc2)[nH]1. The van der Waals surface area contributed by atoms with Crippen LogP contribution in [0.4, 0.5) is 0 Å². The number of carbonyl (C=O) groups excluding carboxylic acids is 1. The van der Waals surface area contributed by atoms with Crippen LogP contribution in [0.25, 0.3) is 0 Å². The van der Waals surface area contributed by atoms with Crippen molar-refractivity contribution in [3.05, 3.63) is 58.9 Å². The first-order valence-corrected chi connectivity index (χ1v) is 6.19. The molecule has 5 nitrogen and oxygen atoms in total. The minimum absolute atomic E-state index is 0.372. The largest absolute Gasteiger partial charge is 0.464 e. The summed E-state index contributed by atoms with van der Waals surface area (Å²) in [6.45, 7) is 1.31. The van der Waals surface area contributed by atoms with E-state index in [0.717, 1.165) is 11.3 Å². The molecule has 0 atom stereocenters. The predicted molar refractivity (Wildman–Crippen MR) is 73.8 cm³/mol. The summed E-state index contributed by atoms with van der Waals surface area (Å²) >= 11 is 0. The quantitative estimate of drug-likeness (QED) is 0.813. The third kappa shape index (κ3) is 3.46. The van der Waals surface area contributed by atoms with E-state index >= 15 is 0 Å². The van der Waals surface area contributed by atoms with Crippen LogP contribution >= 0.6 is 0 Å². The zero-order chi connectivity index (χ0) is 14.4. The average Bonchev–Trinajstić information content (AvgIpc) is 2.96. The lowest BCUT2D eigenvalue weighted by Crippen LogP contribution is -2.13. The average molecular weight is 269 g/mol. The number of methoxy groups -OCH3 is 1. The highest BCUT2D eigenvalue weighted by Crippen LogP contribution is 2.05. The maximum absolute atomic E-state index is 11.3. The van der Waals surface area contributed by atoms with Gasteiger partial charge in [-0.2, -0.15) is 5.26 Å². The van der Waals surface area contributed by atoms with E-state index in [4.69, 9.17) is 5.26 Å². The van der Waals surface area contributed by atoms with E-state index in [2.05, 4.69) is 21.1 Å². The van der Waals surface area contributed by atoms with Crippen LogP contribution in [0.5, 0.6) is 0 Å². The fourth-order valence-corrected chi connectivity index (χ4v) is 1.81. The first-order chi connectivity index (χ1) is 9.72. The number of hydrogen-bond acceptors (Lipinski definition) is 4. The Balaban J connectivity index is 1.85. The maximum atomic E-state index is 11.3. The third-order valence-corrected chi connectivity index (χ3v) is 2.88. The van der Waals surface area contributed by atoms with Gasteiger partial charge in [-0.1, -0.05) is 12.1 Å². The van der Waals surface area contributed by atoms with Crippen LogP contribution in [-0.2, 0) is 17.8 Å². The number of ether oxygens (including phenoxy) is 1. The van der Waals surface area contributed by atoms with E-state index in [9.17, 15) is 4.79 Å². The molecule has 0 bridgehead atoms. The predicted octanol–water partition coefficient (Wildman–Crippen LogP) is 1.96. The van der Waals surface area contributed by atoms with Crippen LogP contribution < -0.4 is 5.32 Å². The Morgan fingerprint density at radius 2 is 2.00 bits per heavy atom. The number of esters is 1. The Kier molecular flexibility index (Phi) is 4.53. The summed E-state index contributed by atoms with van der Waals surface area (Å²) in [5.41, 5.74) is 3.12. The van der Waals surface area contributed by atoms with Gasteiger partial charge in [0.2, 0.25) is 0 Å². The first kappa shape index (κ1) is 13.8. The molecule has 1 heterocycles. The maximum Gasteiger partial charge on any atom is 0.354 e. The molecule has 1 aromatic carbocycles. The molecule has 2 aromatic rings. The zero-order valence-corrected chi connectivity index (χ0v) is 11.1. The smallest absolute Gasteiger partial charge is 0.354 e. The van der Waals surface area contributed by atoms with Crippen molar-refractivity contribution in [1.29, 1.82) is 5.26 Å². The second-order valence-electron chi connectivity index (χ2n) is 4.30. The molecule has 0 unspecified atom stereocenters. The number of nitrogens with one attached hydrogen (secondary N) is 2. The van der Waals surface area contributed by atoms with Crippen LogP contribution in [0.1, 0.15) is 27.3 Å². The first-order valence-electron chi connectivity index (χ1n) is 6.19. The summed E-state index contributed by atoms with van der Waals surface area (Å²) in [7, 11) is 1.35. The van der Waals surface area contributed by atoms with Gasteiger partial charge in [0.25, 0.3) is 0 Å². The lowest BCUT2D eigenvalue weighted by atomic mass is 10.1. The lowest BCUT2D eigenvalue weighted by molar-refractivity contribution is 0.0594. The minimum atomic E-state index is -0.372. The minimum Gasteiger partial charge on any atom is -0.464 e. The van der Waals surface area contributed by atoms with Gasteiger partial charge >= 0.3 is 5.97 Å². The summed E-state index contributed by atoms with van der Waals surface area (Å²) in [6, 6.07) is 13.0. The molecule has 0 saturated heterocycles. The highest BCUT2D eigenvalue weighted by molar-refractivity contribution is 5.87. The van der Waals surface area contributed by atoms with Crippen molar-refractivity contribution in [2.45, 2.75) is 13.1 Å². The van der Waals surface area contributed by atoms with Crippen LogP contribution in [0.15, 0.2) is 36.4 Å². The topological polar surface area (TPSA) is 77.9 Å². The van der Waals surface area contributed by atoms with E-state index in [0.29, 0.717) is 24.3 Å². The molecule has 0 spiro atoms. The molecule has 0 radical (unpaired) electrons. The Hall–Kier alpha value is -2.58. The van der Waals surface area contributed by atoms with E-state index in [-0.39, 0.29) is 5.97 Å². The number of nitrogens with zero attached hydrogens (tertiary/aromatic N) is 1. The number of aromatic amines is 1. The molecule has 0 aliphatic heterocycles. The standard InChI is InChI=1S/C15H15N3O2/c1-20-15(19)14-7-6-13(18-14)10-17-9-12-4-2-11(8-16)3-5-12/h2-7,17-18H,9-10H2,1H3. The van der Waals surface area contributed by atoms with Crippen LogP contribution in [0.3, 0.4) is 0 Å². The van der Waals surface area contributed by atoms with Crippen molar-refractivity contribution in [3.8, 4) is 6.07 Å². The molecular weight excluding hydrogens is 254 g/mol. The number of carbonyl (C=O) groups is 1. The van der Waals surface area contributed by atoms with Gasteiger partial charge in [-0.3, -0.25) is 0 Å². The van der Waals surface area contributed by atoms with E-state index in [1.165, 1.54) is 7.11 Å². The number of hydrogen-bond donors (Lipinski definition) is 2. The van der Waals surface area contributed by atoms with Crippen molar-refractivity contribution < 1.29 is 9.53 Å². The van der Waals surface area contributed by atoms with Gasteiger partial charge in [0.1, 0.15) is 5.69 Å². The molecule has 0 amide bonds. The van der Waals surface area contributed by atoms with Gasteiger partial charge in [-0.05, 0) is 29.8 Å². The van der Waals surface area contributed by atoms with E-state index in [1.807, 2.05) is 18.2 Å². The second-order valence-corrected chi connectivity index (χ2v) is 4.30. The lowest BCUT2D eigenvalue weighted by Gasteiger charge is -2.04. The Morgan fingerprint density at radius 3 is 2.65 bits per heavy atom.